The van der Waals surface area contributed by atoms with Crippen molar-refractivity contribution in [1.82, 2.24) is 14.1 Å². The van der Waals surface area contributed by atoms with Crippen molar-refractivity contribution in [2.24, 2.45) is 5.92 Å². The Morgan fingerprint density at radius 3 is 2.71 bits per heavy atom. The molecule has 0 spiro atoms. The van der Waals surface area contributed by atoms with E-state index in [-0.39, 0.29) is 0 Å². The molecule has 1 aliphatic heterocycles. The summed E-state index contributed by atoms with van der Waals surface area (Å²) >= 11 is 5.75. The molecule has 1 aromatic rings. The van der Waals surface area contributed by atoms with E-state index in [0.717, 1.165) is 19.3 Å². The van der Waals surface area contributed by atoms with Crippen LogP contribution in [0.25, 0.3) is 0 Å². The van der Waals surface area contributed by atoms with Gasteiger partial charge in [-0.2, -0.15) is 9.40 Å². The minimum atomic E-state index is -3.46. The van der Waals surface area contributed by atoms with E-state index in [9.17, 15) is 8.42 Å². The zero-order valence-corrected chi connectivity index (χ0v) is 14.5. The lowest BCUT2D eigenvalue weighted by molar-refractivity contribution is 0.261. The summed E-state index contributed by atoms with van der Waals surface area (Å²) in [6.45, 7) is 7.44. The number of sulfonamides is 1. The first-order valence-electron chi connectivity index (χ1n) is 7.52. The zero-order valence-electron chi connectivity index (χ0n) is 13.0. The number of rotatable bonds is 5. The Kier molecular flexibility index (Phi) is 5.33. The highest BCUT2D eigenvalue weighted by Crippen LogP contribution is 2.28. The molecule has 7 heteroatoms. The summed E-state index contributed by atoms with van der Waals surface area (Å²) in [5, 5.41) is 4.33. The molecule has 0 aromatic carbocycles. The van der Waals surface area contributed by atoms with Crippen molar-refractivity contribution in [3.63, 3.8) is 0 Å². The van der Waals surface area contributed by atoms with Crippen molar-refractivity contribution in [3.05, 3.63) is 11.4 Å². The lowest BCUT2D eigenvalue weighted by Gasteiger charge is -2.31. The maximum absolute atomic E-state index is 12.9. The smallest absolute Gasteiger partial charge is 0.246 e. The van der Waals surface area contributed by atoms with Crippen LogP contribution in [0.2, 0.25) is 0 Å². The van der Waals surface area contributed by atoms with Crippen LogP contribution < -0.4 is 0 Å². The second kappa shape index (κ2) is 6.67. The molecule has 2 heterocycles. The topological polar surface area (TPSA) is 55.2 Å². The van der Waals surface area contributed by atoms with Crippen LogP contribution in [-0.4, -0.2) is 41.5 Å². The van der Waals surface area contributed by atoms with Gasteiger partial charge in [-0.1, -0.05) is 13.3 Å². The molecule has 120 valence electrons. The highest BCUT2D eigenvalue weighted by molar-refractivity contribution is 7.89. The molecule has 1 fully saturated rings. The second-order valence-electron chi connectivity index (χ2n) is 5.69. The molecule has 0 amide bonds. The van der Waals surface area contributed by atoms with Crippen molar-refractivity contribution in [2.45, 2.75) is 51.5 Å². The average Bonchev–Trinajstić information content (AvgIpc) is 2.74. The zero-order chi connectivity index (χ0) is 15.6. The van der Waals surface area contributed by atoms with Crippen LogP contribution in [-0.2, 0) is 16.6 Å². The fourth-order valence-electron chi connectivity index (χ4n) is 3.06. The normalized spacial score (nSPS) is 20.9. The van der Waals surface area contributed by atoms with Crippen LogP contribution in [0.4, 0.5) is 0 Å². The van der Waals surface area contributed by atoms with Crippen molar-refractivity contribution in [1.29, 1.82) is 0 Å². The minimum absolute atomic E-state index is 0.365. The van der Waals surface area contributed by atoms with Gasteiger partial charge in [0.2, 0.25) is 10.0 Å². The summed E-state index contributed by atoms with van der Waals surface area (Å²) in [5.41, 5.74) is 1.25. The molecule has 1 aromatic heterocycles. The summed E-state index contributed by atoms with van der Waals surface area (Å²) in [4.78, 5) is 0.365. The Hall–Kier alpha value is -0.590. The molecule has 2 rings (SSSR count). The lowest BCUT2D eigenvalue weighted by Crippen LogP contribution is -2.40. The highest BCUT2D eigenvalue weighted by atomic mass is 35.5. The lowest BCUT2D eigenvalue weighted by atomic mass is 9.97. The Morgan fingerprint density at radius 1 is 1.38 bits per heavy atom. The number of halogens is 1. The highest BCUT2D eigenvalue weighted by Gasteiger charge is 2.33. The van der Waals surface area contributed by atoms with Crippen molar-refractivity contribution in [2.75, 3.05) is 19.0 Å². The maximum atomic E-state index is 12.9. The largest absolute Gasteiger partial charge is 0.267 e. The predicted octanol–water partition coefficient (Wildman–Crippen LogP) is 2.55. The Labute approximate surface area is 132 Å². The summed E-state index contributed by atoms with van der Waals surface area (Å²) < 4.78 is 29.2. The molecule has 0 radical (unpaired) electrons. The molecule has 0 bridgehead atoms. The molecule has 0 aliphatic carbocycles. The van der Waals surface area contributed by atoms with Gasteiger partial charge in [0.1, 0.15) is 4.90 Å². The number of piperidine rings is 1. The number of hydrogen-bond donors (Lipinski definition) is 0. The molecule has 21 heavy (non-hydrogen) atoms. The number of hydrogen-bond acceptors (Lipinski definition) is 3. The monoisotopic (exact) mass is 333 g/mol. The van der Waals surface area contributed by atoms with E-state index in [1.165, 1.54) is 0 Å². The summed E-state index contributed by atoms with van der Waals surface area (Å²) in [7, 11) is -3.46. The van der Waals surface area contributed by atoms with Gasteiger partial charge in [-0.3, -0.25) is 4.68 Å². The first-order valence-corrected chi connectivity index (χ1v) is 9.49. The number of aryl methyl sites for hydroxylation is 2. The van der Waals surface area contributed by atoms with Crippen LogP contribution >= 0.6 is 11.6 Å². The molecule has 0 N–H and O–H groups in total. The number of alkyl halides is 1. The SMILES string of the molecule is CCC1CCCN(S(=O)(=O)c2c(C)nn(CCCl)c2C)C1. The maximum Gasteiger partial charge on any atom is 0.246 e. The van der Waals surface area contributed by atoms with E-state index in [1.807, 2.05) is 0 Å². The van der Waals surface area contributed by atoms with E-state index in [1.54, 1.807) is 22.8 Å². The first-order chi connectivity index (χ1) is 9.91. The van der Waals surface area contributed by atoms with Crippen LogP contribution in [0.1, 0.15) is 37.6 Å². The quantitative estimate of drug-likeness (QED) is 0.778. The van der Waals surface area contributed by atoms with Crippen molar-refractivity contribution >= 4 is 21.6 Å². The summed E-state index contributed by atoms with van der Waals surface area (Å²) in [6.07, 6.45) is 3.08. The Morgan fingerprint density at radius 2 is 2.10 bits per heavy atom. The summed E-state index contributed by atoms with van der Waals surface area (Å²) in [6, 6.07) is 0. The first kappa shape index (κ1) is 16.8. The standard InChI is InChI=1S/C14H24ClN3O2S/c1-4-13-6-5-8-17(10-13)21(19,20)14-11(2)16-18(9-7-15)12(14)3/h13H,4-10H2,1-3H3. The average molecular weight is 334 g/mol. The van der Waals surface area contributed by atoms with Gasteiger partial charge in [-0.15, -0.1) is 11.6 Å². The second-order valence-corrected chi connectivity index (χ2v) is 7.94. The van der Waals surface area contributed by atoms with E-state index >= 15 is 0 Å². The number of nitrogens with zero attached hydrogens (tertiary/aromatic N) is 3. The van der Waals surface area contributed by atoms with Crippen LogP contribution in [0.3, 0.4) is 0 Å². The van der Waals surface area contributed by atoms with E-state index in [2.05, 4.69) is 12.0 Å². The van der Waals surface area contributed by atoms with Crippen LogP contribution in [0, 0.1) is 19.8 Å². The van der Waals surface area contributed by atoms with Gasteiger partial charge in [-0.25, -0.2) is 8.42 Å². The van der Waals surface area contributed by atoms with Crippen LogP contribution in [0.5, 0.6) is 0 Å². The van der Waals surface area contributed by atoms with E-state index in [4.69, 9.17) is 11.6 Å². The van der Waals surface area contributed by atoms with Crippen LogP contribution in [0.15, 0.2) is 4.90 Å². The fourth-order valence-corrected chi connectivity index (χ4v) is 5.15. The third-order valence-corrected chi connectivity index (χ3v) is 6.56. The molecule has 1 saturated heterocycles. The van der Waals surface area contributed by atoms with Gasteiger partial charge < -0.3 is 0 Å². The number of aromatic nitrogens is 2. The van der Waals surface area contributed by atoms with Crippen molar-refractivity contribution in [3.8, 4) is 0 Å². The minimum Gasteiger partial charge on any atom is -0.267 e. The Balaban J connectivity index is 2.35. The third-order valence-electron chi connectivity index (χ3n) is 4.27. The fraction of sp³-hybridized carbons (Fsp3) is 0.786. The van der Waals surface area contributed by atoms with Gasteiger partial charge >= 0.3 is 0 Å². The van der Waals surface area contributed by atoms with Gasteiger partial charge in [0.15, 0.2) is 0 Å². The van der Waals surface area contributed by atoms with Crippen molar-refractivity contribution < 1.29 is 8.42 Å². The molecule has 1 atom stereocenters. The third kappa shape index (κ3) is 3.27. The van der Waals surface area contributed by atoms with Gasteiger partial charge in [0.05, 0.1) is 17.9 Å². The molecule has 0 saturated carbocycles. The van der Waals surface area contributed by atoms with Gasteiger partial charge in [-0.05, 0) is 32.6 Å². The molecule has 1 aliphatic rings. The van der Waals surface area contributed by atoms with Gasteiger partial charge in [0.25, 0.3) is 0 Å². The summed E-state index contributed by atoms with van der Waals surface area (Å²) in [5.74, 6) is 0.885. The predicted molar refractivity (Wildman–Crippen MR) is 84.2 cm³/mol. The van der Waals surface area contributed by atoms with E-state index < -0.39 is 10.0 Å². The van der Waals surface area contributed by atoms with Gasteiger partial charge in [0, 0.05) is 19.0 Å². The molecular weight excluding hydrogens is 310 g/mol. The molecular formula is C14H24ClN3O2S. The molecule has 5 nitrogen and oxygen atoms in total. The Bertz CT molecular complexity index is 598. The van der Waals surface area contributed by atoms with E-state index in [0.29, 0.717) is 47.7 Å². The molecule has 1 unspecified atom stereocenters.